The molecule has 0 aromatic heterocycles. The molecule has 1 aromatic rings. The van der Waals surface area contributed by atoms with E-state index >= 15 is 0 Å². The van der Waals surface area contributed by atoms with Crippen molar-refractivity contribution in [1.29, 1.82) is 0 Å². The summed E-state index contributed by atoms with van der Waals surface area (Å²) in [7, 11) is -3.79. The van der Waals surface area contributed by atoms with E-state index in [1.807, 2.05) is 27.7 Å². The summed E-state index contributed by atoms with van der Waals surface area (Å²) in [4.78, 5) is 12.2. The van der Waals surface area contributed by atoms with E-state index in [2.05, 4.69) is 5.32 Å². The second-order valence-corrected chi connectivity index (χ2v) is 7.21. The van der Waals surface area contributed by atoms with E-state index in [-0.39, 0.29) is 10.8 Å². The minimum Gasteiger partial charge on any atom is -0.325 e. The highest BCUT2D eigenvalue weighted by molar-refractivity contribution is 7.89. The van der Waals surface area contributed by atoms with Gasteiger partial charge in [-0.1, -0.05) is 20.8 Å². The molecular formula is C14H22N2O3S. The van der Waals surface area contributed by atoms with Crippen LogP contribution in [0.25, 0.3) is 0 Å². The van der Waals surface area contributed by atoms with Gasteiger partial charge in [0, 0.05) is 11.1 Å². The maximum Gasteiger partial charge on any atom is 0.238 e. The Labute approximate surface area is 120 Å². The molecule has 0 spiro atoms. The third kappa shape index (κ3) is 3.58. The third-order valence-corrected chi connectivity index (χ3v) is 4.61. The van der Waals surface area contributed by atoms with Gasteiger partial charge in [-0.25, -0.2) is 13.6 Å². The molecule has 1 aromatic carbocycles. The van der Waals surface area contributed by atoms with Gasteiger partial charge in [-0.15, -0.1) is 0 Å². The van der Waals surface area contributed by atoms with E-state index < -0.39 is 15.4 Å². The largest absolute Gasteiger partial charge is 0.325 e. The smallest absolute Gasteiger partial charge is 0.238 e. The third-order valence-electron chi connectivity index (χ3n) is 3.72. The number of primary sulfonamides is 1. The monoisotopic (exact) mass is 298 g/mol. The van der Waals surface area contributed by atoms with Crippen LogP contribution in [0.3, 0.4) is 0 Å². The van der Waals surface area contributed by atoms with Crippen molar-refractivity contribution in [3.8, 4) is 0 Å². The maximum absolute atomic E-state index is 12.2. The quantitative estimate of drug-likeness (QED) is 0.894. The summed E-state index contributed by atoms with van der Waals surface area (Å²) < 4.78 is 22.9. The first-order chi connectivity index (χ1) is 8.99. The van der Waals surface area contributed by atoms with E-state index in [1.165, 1.54) is 12.1 Å². The molecule has 5 nitrogen and oxygen atoms in total. The number of hydrogen-bond donors (Lipinski definition) is 2. The van der Waals surface area contributed by atoms with Gasteiger partial charge in [0.2, 0.25) is 15.9 Å². The predicted molar refractivity (Wildman–Crippen MR) is 80.0 cm³/mol. The van der Waals surface area contributed by atoms with Crippen LogP contribution in [0.4, 0.5) is 5.69 Å². The molecule has 0 aliphatic heterocycles. The molecule has 6 heteroatoms. The zero-order valence-corrected chi connectivity index (χ0v) is 13.4. The Balaban J connectivity index is 3.26. The summed E-state index contributed by atoms with van der Waals surface area (Å²) in [6, 6.07) is 2.91. The van der Waals surface area contributed by atoms with Crippen molar-refractivity contribution in [3.63, 3.8) is 0 Å². The van der Waals surface area contributed by atoms with Crippen molar-refractivity contribution >= 4 is 21.6 Å². The Kier molecular flexibility index (Phi) is 4.61. The van der Waals surface area contributed by atoms with E-state index in [9.17, 15) is 13.2 Å². The summed E-state index contributed by atoms with van der Waals surface area (Å²) in [6.45, 7) is 9.22. The SMILES string of the molecule is CCC(C)(C)C(=O)Nc1cc(S(N)(=O)=O)cc(C)c1C. The van der Waals surface area contributed by atoms with Gasteiger partial charge < -0.3 is 5.32 Å². The second kappa shape index (κ2) is 5.54. The molecule has 112 valence electrons. The number of rotatable bonds is 4. The Morgan fingerprint density at radius 3 is 2.30 bits per heavy atom. The van der Waals surface area contributed by atoms with Crippen LogP contribution in [-0.4, -0.2) is 14.3 Å². The predicted octanol–water partition coefficient (Wildman–Crippen LogP) is 2.33. The molecule has 0 aliphatic carbocycles. The molecule has 3 N–H and O–H groups in total. The summed E-state index contributed by atoms with van der Waals surface area (Å²) >= 11 is 0. The number of benzene rings is 1. The van der Waals surface area contributed by atoms with Crippen LogP contribution in [0.5, 0.6) is 0 Å². The highest BCUT2D eigenvalue weighted by atomic mass is 32.2. The number of carbonyl (C=O) groups excluding carboxylic acids is 1. The van der Waals surface area contributed by atoms with Gasteiger partial charge in [-0.2, -0.15) is 0 Å². The van der Waals surface area contributed by atoms with Crippen LogP contribution in [0.2, 0.25) is 0 Å². The molecule has 0 radical (unpaired) electrons. The lowest BCUT2D eigenvalue weighted by Gasteiger charge is -2.23. The lowest BCUT2D eigenvalue weighted by atomic mass is 9.89. The first-order valence-electron chi connectivity index (χ1n) is 6.44. The van der Waals surface area contributed by atoms with Crippen molar-refractivity contribution in [2.24, 2.45) is 10.6 Å². The molecule has 1 rings (SSSR count). The highest BCUT2D eigenvalue weighted by Gasteiger charge is 2.26. The fourth-order valence-corrected chi connectivity index (χ4v) is 2.20. The summed E-state index contributed by atoms with van der Waals surface area (Å²) in [6.07, 6.45) is 0.686. The van der Waals surface area contributed by atoms with Crippen LogP contribution in [0, 0.1) is 19.3 Å². The van der Waals surface area contributed by atoms with E-state index in [0.29, 0.717) is 12.1 Å². The molecule has 0 heterocycles. The lowest BCUT2D eigenvalue weighted by Crippen LogP contribution is -2.30. The zero-order valence-electron chi connectivity index (χ0n) is 12.6. The van der Waals surface area contributed by atoms with E-state index in [4.69, 9.17) is 5.14 Å². The summed E-state index contributed by atoms with van der Waals surface area (Å²) in [5.41, 5.74) is 1.57. The Morgan fingerprint density at radius 1 is 1.30 bits per heavy atom. The Bertz CT molecular complexity index is 634. The van der Waals surface area contributed by atoms with E-state index in [0.717, 1.165) is 11.1 Å². The number of aryl methyl sites for hydroxylation is 1. The summed E-state index contributed by atoms with van der Waals surface area (Å²) in [5, 5.41) is 7.94. The number of nitrogens with two attached hydrogens (primary N) is 1. The van der Waals surface area contributed by atoms with Gasteiger partial charge >= 0.3 is 0 Å². The van der Waals surface area contributed by atoms with Crippen molar-refractivity contribution in [3.05, 3.63) is 23.3 Å². The number of hydrogen-bond acceptors (Lipinski definition) is 3. The zero-order chi connectivity index (χ0) is 15.7. The van der Waals surface area contributed by atoms with Gasteiger partial charge in [0.15, 0.2) is 0 Å². The van der Waals surface area contributed by atoms with Crippen LogP contribution in [0.1, 0.15) is 38.3 Å². The minimum absolute atomic E-state index is 0.00482. The molecule has 0 bridgehead atoms. The number of sulfonamides is 1. The second-order valence-electron chi connectivity index (χ2n) is 5.65. The molecular weight excluding hydrogens is 276 g/mol. The van der Waals surface area contributed by atoms with Gasteiger partial charge in [0.05, 0.1) is 4.90 Å². The average Bonchev–Trinajstić information content (AvgIpc) is 2.33. The fraction of sp³-hybridized carbons (Fsp3) is 0.500. The van der Waals surface area contributed by atoms with Crippen molar-refractivity contribution < 1.29 is 13.2 Å². The molecule has 0 aliphatic rings. The van der Waals surface area contributed by atoms with Gasteiger partial charge in [-0.3, -0.25) is 4.79 Å². The van der Waals surface area contributed by atoms with Crippen molar-refractivity contribution in [1.82, 2.24) is 0 Å². The molecule has 1 amide bonds. The molecule has 0 unspecified atom stereocenters. The molecule has 0 atom stereocenters. The fourth-order valence-electron chi connectivity index (χ4n) is 1.57. The van der Waals surface area contributed by atoms with Crippen LogP contribution >= 0.6 is 0 Å². The maximum atomic E-state index is 12.2. The summed E-state index contributed by atoms with van der Waals surface area (Å²) in [5.74, 6) is -0.144. The topological polar surface area (TPSA) is 89.3 Å². The van der Waals surface area contributed by atoms with Crippen molar-refractivity contribution in [2.75, 3.05) is 5.32 Å². The highest BCUT2D eigenvalue weighted by Crippen LogP contribution is 2.27. The van der Waals surface area contributed by atoms with E-state index in [1.54, 1.807) is 6.92 Å². The Hall–Kier alpha value is -1.40. The van der Waals surface area contributed by atoms with Crippen LogP contribution in [0.15, 0.2) is 17.0 Å². The standard InChI is InChI=1S/C14H22N2O3S/c1-6-14(4,5)13(17)16-12-8-11(20(15,18)19)7-9(2)10(12)3/h7-8H,6H2,1-5H3,(H,16,17)(H2,15,18,19). The first kappa shape index (κ1) is 16.7. The normalized spacial score (nSPS) is 12.3. The molecule has 0 saturated heterocycles. The average molecular weight is 298 g/mol. The Morgan fingerprint density at radius 2 is 1.85 bits per heavy atom. The van der Waals surface area contributed by atoms with Crippen LogP contribution in [-0.2, 0) is 14.8 Å². The van der Waals surface area contributed by atoms with Gasteiger partial charge in [0.1, 0.15) is 0 Å². The molecule has 20 heavy (non-hydrogen) atoms. The number of carbonyl (C=O) groups is 1. The first-order valence-corrected chi connectivity index (χ1v) is 7.99. The number of nitrogens with one attached hydrogen (secondary N) is 1. The van der Waals surface area contributed by atoms with Crippen molar-refractivity contribution in [2.45, 2.75) is 45.9 Å². The van der Waals surface area contributed by atoms with Gasteiger partial charge in [0.25, 0.3) is 0 Å². The lowest BCUT2D eigenvalue weighted by molar-refractivity contribution is -0.124. The minimum atomic E-state index is -3.79. The number of amides is 1. The van der Waals surface area contributed by atoms with Gasteiger partial charge in [-0.05, 0) is 43.5 Å². The number of anilines is 1. The van der Waals surface area contributed by atoms with Crippen LogP contribution < -0.4 is 10.5 Å². The molecule has 0 saturated carbocycles. The molecule has 0 fully saturated rings.